The van der Waals surface area contributed by atoms with E-state index in [4.69, 9.17) is 0 Å². The van der Waals surface area contributed by atoms with Crippen molar-refractivity contribution in [2.45, 2.75) is 24.9 Å². The van der Waals surface area contributed by atoms with E-state index in [0.717, 1.165) is 18.7 Å². The second-order valence-corrected chi connectivity index (χ2v) is 4.76. The Bertz CT molecular complexity index is 331. The molecule has 3 nitrogen and oxygen atoms in total. The normalized spacial score (nSPS) is 19.2. The lowest BCUT2D eigenvalue weighted by molar-refractivity contribution is 0.178. The Morgan fingerprint density at radius 3 is 2.53 bits per heavy atom. The van der Waals surface area contributed by atoms with Gasteiger partial charge in [0, 0.05) is 6.54 Å². The van der Waals surface area contributed by atoms with E-state index in [1.54, 1.807) is 0 Å². The molecule has 1 unspecified atom stereocenters. The van der Waals surface area contributed by atoms with Gasteiger partial charge in [-0.2, -0.15) is 0 Å². The van der Waals surface area contributed by atoms with Crippen molar-refractivity contribution in [3.63, 3.8) is 0 Å². The summed E-state index contributed by atoms with van der Waals surface area (Å²) in [6, 6.07) is 8.45. The third-order valence-corrected chi connectivity index (χ3v) is 3.53. The lowest BCUT2D eigenvalue weighted by Gasteiger charge is -2.23. The summed E-state index contributed by atoms with van der Waals surface area (Å²) in [6.07, 6.45) is 2.04. The number of piperidine rings is 1. The molecule has 0 spiro atoms. The molecule has 1 fully saturated rings. The van der Waals surface area contributed by atoms with Crippen LogP contribution in [0, 0.1) is 0 Å². The van der Waals surface area contributed by atoms with Gasteiger partial charge in [0.1, 0.15) is 0 Å². The number of hydrogen-bond acceptors (Lipinski definition) is 3. The van der Waals surface area contributed by atoms with E-state index in [1.807, 2.05) is 7.05 Å². The van der Waals surface area contributed by atoms with Gasteiger partial charge in [0.15, 0.2) is 0 Å². The molecule has 1 atom stereocenters. The highest BCUT2D eigenvalue weighted by Gasteiger charge is 2.15. The molecule has 0 amide bonds. The molecule has 0 radical (unpaired) electrons. The molecular formula is C14H22N2O. The Morgan fingerprint density at radius 2 is 1.94 bits per heavy atom. The second kappa shape index (κ2) is 6.15. The maximum atomic E-state index is 9.85. The van der Waals surface area contributed by atoms with Crippen molar-refractivity contribution in [1.29, 1.82) is 0 Å². The van der Waals surface area contributed by atoms with Crippen LogP contribution in [-0.2, 0) is 0 Å². The Balaban J connectivity index is 2.01. The minimum absolute atomic E-state index is 0.401. The monoisotopic (exact) mass is 234 g/mol. The van der Waals surface area contributed by atoms with Crippen LogP contribution in [0.25, 0.3) is 0 Å². The van der Waals surface area contributed by atoms with Crippen molar-refractivity contribution in [2.75, 3.05) is 26.7 Å². The SMILES string of the molecule is CNCC(O)c1ccc(C2CCNCC2)cc1. The first-order chi connectivity index (χ1) is 8.31. The van der Waals surface area contributed by atoms with Gasteiger partial charge in [-0.15, -0.1) is 0 Å². The number of benzene rings is 1. The van der Waals surface area contributed by atoms with Crippen LogP contribution in [0.15, 0.2) is 24.3 Å². The molecule has 3 N–H and O–H groups in total. The molecule has 17 heavy (non-hydrogen) atoms. The van der Waals surface area contributed by atoms with Crippen LogP contribution in [0.2, 0.25) is 0 Å². The van der Waals surface area contributed by atoms with Crippen molar-refractivity contribution in [3.8, 4) is 0 Å². The van der Waals surface area contributed by atoms with E-state index in [0.29, 0.717) is 12.5 Å². The van der Waals surface area contributed by atoms with Gasteiger partial charge in [0.25, 0.3) is 0 Å². The highest BCUT2D eigenvalue weighted by atomic mass is 16.3. The van der Waals surface area contributed by atoms with E-state index in [-0.39, 0.29) is 0 Å². The molecule has 1 saturated heterocycles. The smallest absolute Gasteiger partial charge is 0.0914 e. The van der Waals surface area contributed by atoms with E-state index in [1.165, 1.54) is 18.4 Å². The quantitative estimate of drug-likeness (QED) is 0.738. The zero-order valence-electron chi connectivity index (χ0n) is 10.4. The van der Waals surface area contributed by atoms with Crippen LogP contribution in [0.4, 0.5) is 0 Å². The van der Waals surface area contributed by atoms with Crippen molar-refractivity contribution in [1.82, 2.24) is 10.6 Å². The molecule has 1 aliphatic rings. The van der Waals surface area contributed by atoms with E-state index in [2.05, 4.69) is 34.9 Å². The lowest BCUT2D eigenvalue weighted by Crippen LogP contribution is -2.26. The second-order valence-electron chi connectivity index (χ2n) is 4.76. The molecule has 0 bridgehead atoms. The predicted molar refractivity (Wildman–Crippen MR) is 70.2 cm³/mol. The summed E-state index contributed by atoms with van der Waals surface area (Å²) in [7, 11) is 1.85. The average molecular weight is 234 g/mol. The minimum Gasteiger partial charge on any atom is -0.387 e. The molecule has 3 heteroatoms. The predicted octanol–water partition coefficient (Wildman–Crippen LogP) is 1.41. The zero-order chi connectivity index (χ0) is 12.1. The van der Waals surface area contributed by atoms with Crippen LogP contribution in [0.1, 0.15) is 36.0 Å². The summed E-state index contributed by atoms with van der Waals surface area (Å²) >= 11 is 0. The van der Waals surface area contributed by atoms with Crippen LogP contribution in [0.5, 0.6) is 0 Å². The van der Waals surface area contributed by atoms with Crippen molar-refractivity contribution in [2.24, 2.45) is 0 Å². The van der Waals surface area contributed by atoms with E-state index >= 15 is 0 Å². The van der Waals surface area contributed by atoms with Crippen LogP contribution >= 0.6 is 0 Å². The number of likely N-dealkylation sites (N-methyl/N-ethyl adjacent to an activating group) is 1. The molecule has 0 aromatic heterocycles. The van der Waals surface area contributed by atoms with Gasteiger partial charge >= 0.3 is 0 Å². The van der Waals surface area contributed by atoms with Crippen LogP contribution in [0.3, 0.4) is 0 Å². The molecule has 94 valence electrons. The third-order valence-electron chi connectivity index (χ3n) is 3.53. The number of rotatable bonds is 4. The third kappa shape index (κ3) is 3.28. The number of aliphatic hydroxyl groups excluding tert-OH is 1. The first-order valence-corrected chi connectivity index (χ1v) is 6.44. The zero-order valence-corrected chi connectivity index (χ0v) is 10.4. The molecule has 1 aliphatic heterocycles. The van der Waals surface area contributed by atoms with Crippen molar-refractivity contribution >= 4 is 0 Å². The molecule has 0 saturated carbocycles. The number of aliphatic hydroxyl groups is 1. The largest absolute Gasteiger partial charge is 0.387 e. The minimum atomic E-state index is -0.401. The highest BCUT2D eigenvalue weighted by Crippen LogP contribution is 2.26. The molecule has 1 heterocycles. The average Bonchev–Trinajstić information content (AvgIpc) is 2.40. The topological polar surface area (TPSA) is 44.3 Å². The Kier molecular flexibility index (Phi) is 4.54. The van der Waals surface area contributed by atoms with Gasteiger partial charge in [-0.05, 0) is 50.0 Å². The van der Waals surface area contributed by atoms with E-state index in [9.17, 15) is 5.11 Å². The Labute approximate surface area is 103 Å². The number of nitrogens with one attached hydrogen (secondary N) is 2. The van der Waals surface area contributed by atoms with Crippen molar-refractivity contribution in [3.05, 3.63) is 35.4 Å². The lowest BCUT2D eigenvalue weighted by atomic mass is 9.89. The molecular weight excluding hydrogens is 212 g/mol. The first kappa shape index (κ1) is 12.6. The fourth-order valence-corrected chi connectivity index (χ4v) is 2.46. The van der Waals surface area contributed by atoms with Crippen LogP contribution in [-0.4, -0.2) is 31.8 Å². The first-order valence-electron chi connectivity index (χ1n) is 6.44. The summed E-state index contributed by atoms with van der Waals surface area (Å²) in [5, 5.41) is 16.2. The summed E-state index contributed by atoms with van der Waals surface area (Å²) in [5.41, 5.74) is 2.41. The summed E-state index contributed by atoms with van der Waals surface area (Å²) in [5.74, 6) is 0.687. The maximum Gasteiger partial charge on any atom is 0.0914 e. The van der Waals surface area contributed by atoms with Gasteiger partial charge in [-0.25, -0.2) is 0 Å². The van der Waals surface area contributed by atoms with Crippen molar-refractivity contribution < 1.29 is 5.11 Å². The van der Waals surface area contributed by atoms with Gasteiger partial charge < -0.3 is 15.7 Å². The molecule has 2 rings (SSSR count). The van der Waals surface area contributed by atoms with Crippen LogP contribution < -0.4 is 10.6 Å². The molecule has 0 aliphatic carbocycles. The fourth-order valence-electron chi connectivity index (χ4n) is 2.46. The highest BCUT2D eigenvalue weighted by molar-refractivity contribution is 5.27. The summed E-state index contributed by atoms with van der Waals surface area (Å²) in [6.45, 7) is 2.84. The Morgan fingerprint density at radius 1 is 1.29 bits per heavy atom. The summed E-state index contributed by atoms with van der Waals surface area (Å²) in [4.78, 5) is 0. The fraction of sp³-hybridized carbons (Fsp3) is 0.571. The number of hydrogen-bond donors (Lipinski definition) is 3. The van der Waals surface area contributed by atoms with E-state index < -0.39 is 6.10 Å². The van der Waals surface area contributed by atoms with Gasteiger partial charge in [0.05, 0.1) is 6.10 Å². The van der Waals surface area contributed by atoms with Gasteiger partial charge in [-0.1, -0.05) is 24.3 Å². The molecule has 1 aromatic carbocycles. The maximum absolute atomic E-state index is 9.85. The standard InChI is InChI=1S/C14H22N2O/c1-15-10-14(17)13-4-2-11(3-5-13)12-6-8-16-9-7-12/h2-5,12,14-17H,6-10H2,1H3. The Hall–Kier alpha value is -0.900. The molecule has 1 aromatic rings. The van der Waals surface area contributed by atoms with Gasteiger partial charge in [-0.3, -0.25) is 0 Å². The summed E-state index contributed by atoms with van der Waals surface area (Å²) < 4.78 is 0. The van der Waals surface area contributed by atoms with Gasteiger partial charge in [0.2, 0.25) is 0 Å².